The van der Waals surface area contributed by atoms with Crippen LogP contribution >= 0.6 is 0 Å². The molecule has 0 aliphatic carbocycles. The molecule has 7 heteroatoms. The second-order valence-electron chi connectivity index (χ2n) is 14.0. The van der Waals surface area contributed by atoms with Crippen molar-refractivity contribution in [3.05, 3.63) is 177 Å². The Morgan fingerprint density at radius 1 is 0.571 bits per heavy atom. The minimum Gasteiger partial charge on any atom is -0.509 e. The molecule has 11 aromatic rings. The Morgan fingerprint density at radius 3 is 2.16 bits per heavy atom. The summed E-state index contributed by atoms with van der Waals surface area (Å²) in [5, 5.41) is 6.62. The van der Waals surface area contributed by atoms with E-state index in [9.17, 15) is 0 Å². The molecule has 0 amide bonds. The summed E-state index contributed by atoms with van der Waals surface area (Å²) in [5.41, 5.74) is 9.87. The SMILES string of the molecule is [2H]C([2H])([2H])N1[CH-]N(c2[c-]c(Oc3[c-]c4c(cc3)c3cccc5c3n4c3ncccc3c3cccc4c6ccccc6n5c43)cc(-c3ccccc3)c2)c2ccccc21.[Pt]. The van der Waals surface area contributed by atoms with Gasteiger partial charge in [0.2, 0.25) is 0 Å². The fraction of sp³-hybridized carbons (Fsp3) is 0.0204. The van der Waals surface area contributed by atoms with E-state index in [4.69, 9.17) is 13.8 Å². The van der Waals surface area contributed by atoms with Gasteiger partial charge in [0.05, 0.1) is 22.1 Å². The Hall–Kier alpha value is -6.62. The summed E-state index contributed by atoms with van der Waals surface area (Å²) in [6, 6.07) is 58.5. The Bertz CT molecular complexity index is 3490. The van der Waals surface area contributed by atoms with E-state index < -0.39 is 6.98 Å². The molecule has 270 valence electrons. The van der Waals surface area contributed by atoms with Crippen LogP contribution in [0.1, 0.15) is 4.11 Å². The van der Waals surface area contributed by atoms with Crippen molar-refractivity contribution in [2.45, 2.75) is 0 Å². The van der Waals surface area contributed by atoms with Gasteiger partial charge in [-0.1, -0.05) is 96.5 Å². The first-order valence-corrected chi connectivity index (χ1v) is 18.2. The van der Waals surface area contributed by atoms with Crippen LogP contribution in [-0.4, -0.2) is 20.8 Å². The fourth-order valence-electron chi connectivity index (χ4n) is 8.61. The van der Waals surface area contributed by atoms with E-state index in [1.165, 1.54) is 15.7 Å². The van der Waals surface area contributed by atoms with E-state index in [1.54, 1.807) is 6.67 Å². The van der Waals surface area contributed by atoms with E-state index in [0.29, 0.717) is 22.9 Å². The van der Waals surface area contributed by atoms with Gasteiger partial charge in [-0.3, -0.25) is 0 Å². The van der Waals surface area contributed by atoms with Crippen LogP contribution in [0.4, 0.5) is 17.1 Å². The number of ether oxygens (including phenoxy) is 1. The Labute approximate surface area is 340 Å². The number of benzene rings is 7. The second kappa shape index (κ2) is 12.5. The van der Waals surface area contributed by atoms with Crippen molar-refractivity contribution in [3.8, 4) is 22.6 Å². The molecule has 7 aromatic carbocycles. The van der Waals surface area contributed by atoms with E-state index >= 15 is 0 Å². The number of hydrogen-bond acceptors (Lipinski definition) is 4. The predicted molar refractivity (Wildman–Crippen MR) is 225 cm³/mol. The van der Waals surface area contributed by atoms with Crippen molar-refractivity contribution in [2.24, 2.45) is 0 Å². The number of nitrogens with zero attached hydrogens (tertiary/aromatic N) is 5. The van der Waals surface area contributed by atoms with Crippen LogP contribution in [0, 0.1) is 18.8 Å². The monoisotopic (exact) mass is 902 g/mol. The zero-order chi connectivity index (χ0) is 38.7. The van der Waals surface area contributed by atoms with E-state index in [-0.39, 0.29) is 21.1 Å². The van der Waals surface area contributed by atoms with Gasteiger partial charge in [0, 0.05) is 75.8 Å². The van der Waals surface area contributed by atoms with Gasteiger partial charge in [-0.25, -0.2) is 4.98 Å². The second-order valence-corrected chi connectivity index (χ2v) is 14.0. The minimum absolute atomic E-state index is 0. The zero-order valence-electron chi connectivity index (χ0n) is 32.5. The summed E-state index contributed by atoms with van der Waals surface area (Å²) in [4.78, 5) is 8.25. The van der Waals surface area contributed by atoms with Gasteiger partial charge >= 0.3 is 0 Å². The first-order valence-electron chi connectivity index (χ1n) is 19.7. The van der Waals surface area contributed by atoms with Gasteiger partial charge < -0.3 is 23.3 Å². The quantitative estimate of drug-likeness (QED) is 0.165. The molecule has 0 radical (unpaired) electrons. The molecule has 0 spiro atoms. The Balaban J connectivity index is 0.00000397. The molecule has 0 N–H and O–H groups in total. The largest absolute Gasteiger partial charge is 0.509 e. The van der Waals surface area contributed by atoms with Crippen molar-refractivity contribution in [2.75, 3.05) is 16.8 Å². The molecule has 56 heavy (non-hydrogen) atoms. The van der Waals surface area contributed by atoms with Crippen LogP contribution < -0.4 is 14.5 Å². The van der Waals surface area contributed by atoms with E-state index in [1.807, 2.05) is 90.0 Å². The summed E-state index contributed by atoms with van der Waals surface area (Å²) in [6.07, 6.45) is 1.85. The van der Waals surface area contributed by atoms with Crippen LogP contribution in [0.5, 0.6) is 11.5 Å². The third kappa shape index (κ3) is 4.69. The molecule has 4 aromatic heterocycles. The molecule has 0 saturated heterocycles. The fourth-order valence-corrected chi connectivity index (χ4v) is 8.61. The van der Waals surface area contributed by atoms with Gasteiger partial charge in [-0.05, 0) is 54.3 Å². The molecular formula is C49H30N5OPt-3. The molecule has 0 atom stereocenters. The number of anilines is 3. The summed E-state index contributed by atoms with van der Waals surface area (Å²) < 4.78 is 36.1. The topological polar surface area (TPSA) is 37.4 Å². The predicted octanol–water partition coefficient (Wildman–Crippen LogP) is 12.1. The maximum Gasteiger partial charge on any atom is 0.143 e. The van der Waals surface area contributed by atoms with Crippen LogP contribution in [0.3, 0.4) is 0 Å². The summed E-state index contributed by atoms with van der Waals surface area (Å²) in [6.45, 7) is -0.759. The van der Waals surface area contributed by atoms with Gasteiger partial charge in [-0.2, -0.15) is 12.7 Å². The average molecular weight is 903 g/mol. The molecule has 0 fully saturated rings. The van der Waals surface area contributed by atoms with Gasteiger partial charge in [0.1, 0.15) is 5.65 Å². The third-order valence-electron chi connectivity index (χ3n) is 10.9. The number of hydrogen-bond donors (Lipinski definition) is 0. The number of rotatable bonds is 4. The molecule has 0 saturated carbocycles. The molecule has 1 aliphatic heterocycles. The van der Waals surface area contributed by atoms with Crippen LogP contribution in [0.25, 0.3) is 76.7 Å². The van der Waals surface area contributed by atoms with Crippen molar-refractivity contribution < 1.29 is 29.9 Å². The molecule has 1 aliphatic rings. The summed E-state index contributed by atoms with van der Waals surface area (Å²) in [7, 11) is 0. The Kier molecular flexibility index (Phi) is 6.61. The number of para-hydroxylation sites is 5. The van der Waals surface area contributed by atoms with Crippen molar-refractivity contribution >= 4 is 82.6 Å². The van der Waals surface area contributed by atoms with E-state index in [0.717, 1.165) is 71.6 Å². The van der Waals surface area contributed by atoms with Crippen molar-refractivity contribution in [3.63, 3.8) is 0 Å². The average Bonchev–Trinajstić information content (AvgIpc) is 3.92. The van der Waals surface area contributed by atoms with E-state index in [2.05, 4.69) is 93.7 Å². The minimum atomic E-state index is -2.37. The number of aromatic nitrogens is 3. The first kappa shape index (κ1) is 29.7. The van der Waals surface area contributed by atoms with Gasteiger partial charge in [0.25, 0.3) is 0 Å². The molecule has 6 nitrogen and oxygen atoms in total. The third-order valence-corrected chi connectivity index (χ3v) is 10.9. The summed E-state index contributed by atoms with van der Waals surface area (Å²) in [5.74, 6) is 0.965. The number of fused-ring (bicyclic) bond motifs is 11. The van der Waals surface area contributed by atoms with Gasteiger partial charge in [-0.15, -0.1) is 47.0 Å². The van der Waals surface area contributed by atoms with Crippen LogP contribution in [0.2, 0.25) is 0 Å². The smallest absolute Gasteiger partial charge is 0.143 e. The maximum absolute atomic E-state index is 8.25. The zero-order valence-corrected chi connectivity index (χ0v) is 31.8. The van der Waals surface area contributed by atoms with Crippen molar-refractivity contribution in [1.82, 2.24) is 13.8 Å². The van der Waals surface area contributed by atoms with Crippen LogP contribution in [0.15, 0.2) is 158 Å². The Morgan fingerprint density at radius 2 is 1.29 bits per heavy atom. The first-order chi connectivity index (χ1) is 28.4. The standard InChI is InChI=1S/C49H30N5O.Pt/c1-51-30-52(44-21-8-7-20-43(44)51)33-26-32(31-12-3-2-4-13-31)27-35(28-33)55-34-23-24-37-39-17-10-22-45-48(39)54(46(37)29-34)49-41(18-11-25-50-49)40-16-9-15-38-36-14-5-6-19-42(36)53(45)47(38)40;/h2-27,30H,1H3;/q-3;/i1D3;. The number of pyridine rings is 1. The maximum atomic E-state index is 8.25. The van der Waals surface area contributed by atoms with Gasteiger partial charge in [0.15, 0.2) is 0 Å². The summed E-state index contributed by atoms with van der Waals surface area (Å²) >= 11 is 0. The molecule has 12 rings (SSSR count). The molecule has 0 unspecified atom stereocenters. The molecule has 0 bridgehead atoms. The van der Waals surface area contributed by atoms with Crippen molar-refractivity contribution in [1.29, 1.82) is 0 Å². The molecular weight excluding hydrogens is 870 g/mol. The normalized spacial score (nSPS) is 13.8. The molecule has 5 heterocycles. The van der Waals surface area contributed by atoms with Crippen LogP contribution in [-0.2, 0) is 21.1 Å².